The fourth-order valence-electron chi connectivity index (χ4n) is 6.10. The molecule has 3 atom stereocenters. The number of ether oxygens (including phenoxy) is 3. The van der Waals surface area contributed by atoms with E-state index in [-0.39, 0.29) is 34.6 Å². The lowest BCUT2D eigenvalue weighted by Gasteiger charge is -2.47. The van der Waals surface area contributed by atoms with E-state index in [2.05, 4.69) is 40.7 Å². The van der Waals surface area contributed by atoms with Crippen LogP contribution in [-0.2, 0) is 19.7 Å². The number of carbonyl (C=O) groups excluding carboxylic acids is 2. The van der Waals surface area contributed by atoms with Crippen molar-refractivity contribution in [2.75, 3.05) is 6.61 Å². The molecule has 0 bridgehead atoms. The number of unbranched alkanes of at least 4 members (excludes halogenated alkanes) is 3. The van der Waals surface area contributed by atoms with Crippen molar-refractivity contribution >= 4 is 11.8 Å². The summed E-state index contributed by atoms with van der Waals surface area (Å²) in [6.45, 7) is 11.6. The van der Waals surface area contributed by atoms with Crippen LogP contribution >= 0.6 is 0 Å². The first-order valence-electron chi connectivity index (χ1n) is 13.3. The zero-order chi connectivity index (χ0) is 24.5. The Morgan fingerprint density at radius 3 is 2.68 bits per heavy atom. The Morgan fingerprint density at radius 1 is 1.18 bits per heavy atom. The smallest absolute Gasteiger partial charge is 0.340 e. The van der Waals surface area contributed by atoms with Crippen molar-refractivity contribution in [2.45, 2.75) is 122 Å². The van der Waals surface area contributed by atoms with E-state index in [4.69, 9.17) is 14.2 Å². The number of benzene rings is 1. The summed E-state index contributed by atoms with van der Waals surface area (Å²) in [5.74, 6) is 1.51. The summed E-state index contributed by atoms with van der Waals surface area (Å²) < 4.78 is 18.3. The third-order valence-electron chi connectivity index (χ3n) is 8.25. The molecule has 1 saturated carbocycles. The lowest BCUT2D eigenvalue weighted by atomic mass is 9.66. The van der Waals surface area contributed by atoms with Crippen LogP contribution < -0.4 is 9.47 Å². The quantitative estimate of drug-likeness (QED) is 0.242. The maximum atomic E-state index is 13.0. The van der Waals surface area contributed by atoms with Crippen molar-refractivity contribution in [1.82, 2.24) is 0 Å². The van der Waals surface area contributed by atoms with Crippen molar-refractivity contribution < 1.29 is 23.8 Å². The molecule has 1 aliphatic carbocycles. The minimum atomic E-state index is -0.508. The third-order valence-corrected chi connectivity index (χ3v) is 8.25. The monoisotopic (exact) mass is 470 g/mol. The SMILES string of the molecule is CCCCCCC(C)(C)c1cc(OC(=O)C2CCCO2)c2c(c1)OC(C)(C)C1CCC(=O)CC21. The Labute approximate surface area is 204 Å². The van der Waals surface area contributed by atoms with Gasteiger partial charge < -0.3 is 14.2 Å². The van der Waals surface area contributed by atoms with Gasteiger partial charge in [-0.25, -0.2) is 4.79 Å². The normalized spacial score (nSPS) is 25.9. The van der Waals surface area contributed by atoms with Gasteiger partial charge in [-0.3, -0.25) is 4.79 Å². The Balaban J connectivity index is 1.73. The van der Waals surface area contributed by atoms with Crippen LogP contribution in [0.5, 0.6) is 11.5 Å². The number of ketones is 1. The van der Waals surface area contributed by atoms with Crippen LogP contribution in [0.4, 0.5) is 0 Å². The van der Waals surface area contributed by atoms with Gasteiger partial charge in [0.1, 0.15) is 22.9 Å². The van der Waals surface area contributed by atoms with E-state index in [1.165, 1.54) is 19.3 Å². The van der Waals surface area contributed by atoms with Crippen molar-refractivity contribution in [3.63, 3.8) is 0 Å². The fourth-order valence-corrected chi connectivity index (χ4v) is 6.10. The first kappa shape index (κ1) is 25.2. The minimum absolute atomic E-state index is 0.00835. The lowest BCUT2D eigenvalue weighted by Crippen LogP contribution is -2.47. The molecule has 1 aromatic rings. The van der Waals surface area contributed by atoms with E-state index in [0.717, 1.165) is 42.6 Å². The van der Waals surface area contributed by atoms with Gasteiger partial charge in [-0.05, 0) is 62.6 Å². The van der Waals surface area contributed by atoms with Gasteiger partial charge in [0.05, 0.1) is 0 Å². The Bertz CT molecular complexity index is 909. The molecule has 0 amide bonds. The molecule has 2 aliphatic heterocycles. The molecular formula is C29H42O5. The molecule has 2 fully saturated rings. The van der Waals surface area contributed by atoms with E-state index < -0.39 is 6.10 Å². The van der Waals surface area contributed by atoms with Gasteiger partial charge >= 0.3 is 5.97 Å². The van der Waals surface area contributed by atoms with Gasteiger partial charge in [-0.15, -0.1) is 0 Å². The Kier molecular flexibility index (Phi) is 7.42. The summed E-state index contributed by atoms with van der Waals surface area (Å²) in [5.41, 5.74) is 1.56. The summed E-state index contributed by atoms with van der Waals surface area (Å²) in [7, 11) is 0. The molecule has 0 radical (unpaired) electrons. The van der Waals surface area contributed by atoms with Crippen LogP contribution in [-0.4, -0.2) is 30.1 Å². The highest BCUT2D eigenvalue weighted by Crippen LogP contribution is 2.55. The lowest BCUT2D eigenvalue weighted by molar-refractivity contribution is -0.144. The average molecular weight is 471 g/mol. The maximum Gasteiger partial charge on any atom is 0.340 e. The van der Waals surface area contributed by atoms with Gasteiger partial charge in [0.2, 0.25) is 0 Å². The van der Waals surface area contributed by atoms with Gasteiger partial charge in [0, 0.05) is 36.8 Å². The van der Waals surface area contributed by atoms with E-state index in [1.807, 2.05) is 6.07 Å². The summed E-state index contributed by atoms with van der Waals surface area (Å²) in [5, 5.41) is 0. The zero-order valence-corrected chi connectivity index (χ0v) is 21.7. The molecule has 2 heterocycles. The highest BCUT2D eigenvalue weighted by molar-refractivity contribution is 5.82. The minimum Gasteiger partial charge on any atom is -0.487 e. The number of esters is 1. The number of Topliss-reactive ketones (excluding diaryl/α,β-unsaturated/α-hetero) is 1. The van der Waals surface area contributed by atoms with E-state index in [1.54, 1.807) is 0 Å². The predicted molar refractivity (Wildman–Crippen MR) is 133 cm³/mol. The Morgan fingerprint density at radius 2 is 1.97 bits per heavy atom. The van der Waals surface area contributed by atoms with Gasteiger partial charge in [-0.1, -0.05) is 46.5 Å². The molecule has 3 unspecified atom stereocenters. The number of hydrogen-bond acceptors (Lipinski definition) is 5. The molecular weight excluding hydrogens is 428 g/mol. The van der Waals surface area contributed by atoms with E-state index in [0.29, 0.717) is 31.6 Å². The highest BCUT2D eigenvalue weighted by atomic mass is 16.6. The molecule has 0 N–H and O–H groups in total. The second-order valence-electron chi connectivity index (χ2n) is 11.7. The summed E-state index contributed by atoms with van der Waals surface area (Å²) in [6, 6.07) is 4.19. The molecule has 188 valence electrons. The summed E-state index contributed by atoms with van der Waals surface area (Å²) in [6.07, 6.45) is 8.84. The molecule has 0 aromatic heterocycles. The van der Waals surface area contributed by atoms with E-state index in [9.17, 15) is 9.59 Å². The van der Waals surface area contributed by atoms with Crippen LogP contribution in [0, 0.1) is 5.92 Å². The molecule has 1 aromatic carbocycles. The molecule has 1 saturated heterocycles. The van der Waals surface area contributed by atoms with Gasteiger partial charge in [0.15, 0.2) is 6.10 Å². The highest BCUT2D eigenvalue weighted by Gasteiger charge is 2.48. The van der Waals surface area contributed by atoms with Gasteiger partial charge in [-0.2, -0.15) is 0 Å². The molecule has 0 spiro atoms. The summed E-state index contributed by atoms with van der Waals surface area (Å²) >= 11 is 0. The van der Waals surface area contributed by atoms with Crippen molar-refractivity contribution in [2.24, 2.45) is 5.92 Å². The van der Waals surface area contributed by atoms with Crippen LogP contribution in [0.2, 0.25) is 0 Å². The first-order valence-corrected chi connectivity index (χ1v) is 13.3. The number of hydrogen-bond donors (Lipinski definition) is 0. The summed E-state index contributed by atoms with van der Waals surface area (Å²) in [4.78, 5) is 25.5. The van der Waals surface area contributed by atoms with Crippen molar-refractivity contribution in [3.05, 3.63) is 23.3 Å². The molecule has 34 heavy (non-hydrogen) atoms. The molecule has 5 nitrogen and oxygen atoms in total. The molecule has 5 heteroatoms. The number of carbonyl (C=O) groups is 2. The van der Waals surface area contributed by atoms with Crippen molar-refractivity contribution in [3.8, 4) is 11.5 Å². The third kappa shape index (κ3) is 5.19. The average Bonchev–Trinajstić information content (AvgIpc) is 3.31. The van der Waals surface area contributed by atoms with Crippen LogP contribution in [0.15, 0.2) is 12.1 Å². The topological polar surface area (TPSA) is 61.8 Å². The number of rotatable bonds is 8. The van der Waals surface area contributed by atoms with Crippen LogP contribution in [0.25, 0.3) is 0 Å². The van der Waals surface area contributed by atoms with Crippen LogP contribution in [0.3, 0.4) is 0 Å². The Hall–Kier alpha value is -1.88. The first-order chi connectivity index (χ1) is 16.1. The number of fused-ring (bicyclic) bond motifs is 3. The van der Waals surface area contributed by atoms with Gasteiger partial charge in [0.25, 0.3) is 0 Å². The predicted octanol–water partition coefficient (Wildman–Crippen LogP) is 6.64. The standard InChI is InChI=1S/C29H42O5/c1-6-7-8-9-14-28(2,3)19-16-24(33-27(31)23-11-10-15-32-23)26-21-18-20(30)12-13-22(21)29(4,5)34-25(26)17-19/h16-17,21-23H,6-15,18H2,1-5H3. The van der Waals surface area contributed by atoms with E-state index >= 15 is 0 Å². The zero-order valence-electron chi connectivity index (χ0n) is 21.7. The second kappa shape index (κ2) is 10.0. The maximum absolute atomic E-state index is 13.0. The van der Waals surface area contributed by atoms with Crippen LogP contribution in [0.1, 0.15) is 116 Å². The second-order valence-corrected chi connectivity index (χ2v) is 11.7. The molecule has 4 rings (SSSR count). The largest absolute Gasteiger partial charge is 0.487 e. The van der Waals surface area contributed by atoms with Crippen molar-refractivity contribution in [1.29, 1.82) is 0 Å². The fraction of sp³-hybridized carbons (Fsp3) is 0.724. The molecule has 3 aliphatic rings.